The monoisotopic (exact) mass is 500 g/mol. The Kier molecular flexibility index (Phi) is 7.52. The van der Waals surface area contributed by atoms with Gasteiger partial charge >= 0.3 is 7.60 Å². The SMILES string of the molecule is CCOP(=O)(OCC)C(Cc1cccc(OC)c1F)c1sc2ccccc2c1Br. The molecule has 1 atom stereocenters. The molecule has 3 aromatic rings. The molecule has 0 aliphatic rings. The topological polar surface area (TPSA) is 44.8 Å². The van der Waals surface area contributed by atoms with Crippen molar-refractivity contribution in [2.24, 2.45) is 0 Å². The zero-order chi connectivity index (χ0) is 21.0. The number of halogens is 2. The molecule has 0 radical (unpaired) electrons. The number of benzene rings is 2. The summed E-state index contributed by atoms with van der Waals surface area (Å²) in [7, 11) is -2.15. The Morgan fingerprint density at radius 1 is 1.10 bits per heavy atom. The first-order chi connectivity index (χ1) is 13.9. The number of rotatable bonds is 9. The molecule has 0 aliphatic carbocycles. The largest absolute Gasteiger partial charge is 0.494 e. The molecular formula is C21H23BrFO4PS. The van der Waals surface area contributed by atoms with Crippen molar-refractivity contribution in [3.63, 3.8) is 0 Å². The lowest BCUT2D eigenvalue weighted by Crippen LogP contribution is -2.10. The highest BCUT2D eigenvalue weighted by atomic mass is 79.9. The summed E-state index contributed by atoms with van der Waals surface area (Å²) in [6.07, 6.45) is 0.158. The first kappa shape index (κ1) is 22.4. The van der Waals surface area contributed by atoms with Crippen LogP contribution in [0.15, 0.2) is 46.9 Å². The summed E-state index contributed by atoms with van der Waals surface area (Å²) in [4.78, 5) is 0.818. The van der Waals surface area contributed by atoms with E-state index in [0.717, 1.165) is 19.4 Å². The number of thiophene rings is 1. The van der Waals surface area contributed by atoms with Crippen molar-refractivity contribution in [1.82, 2.24) is 0 Å². The van der Waals surface area contributed by atoms with E-state index < -0.39 is 19.1 Å². The van der Waals surface area contributed by atoms with E-state index in [4.69, 9.17) is 13.8 Å². The van der Waals surface area contributed by atoms with Crippen molar-refractivity contribution < 1.29 is 22.7 Å². The average Bonchev–Trinajstić information content (AvgIpc) is 3.04. The van der Waals surface area contributed by atoms with Crippen LogP contribution in [0.2, 0.25) is 0 Å². The van der Waals surface area contributed by atoms with Crippen molar-refractivity contribution in [3.05, 3.63) is 63.2 Å². The normalized spacial score (nSPS) is 13.0. The van der Waals surface area contributed by atoms with Crippen molar-refractivity contribution in [2.45, 2.75) is 25.9 Å². The fraction of sp³-hybridized carbons (Fsp3) is 0.333. The van der Waals surface area contributed by atoms with Gasteiger partial charge in [0, 0.05) is 19.4 Å². The van der Waals surface area contributed by atoms with Crippen LogP contribution in [0.4, 0.5) is 4.39 Å². The van der Waals surface area contributed by atoms with E-state index >= 15 is 0 Å². The second kappa shape index (κ2) is 9.71. The molecule has 0 bridgehead atoms. The molecule has 3 rings (SSSR count). The van der Waals surface area contributed by atoms with Crippen LogP contribution in [0.1, 0.15) is 29.9 Å². The minimum Gasteiger partial charge on any atom is -0.494 e. The van der Waals surface area contributed by atoms with E-state index in [0.29, 0.717) is 5.56 Å². The zero-order valence-corrected chi connectivity index (χ0v) is 19.8. The first-order valence-corrected chi connectivity index (χ1v) is 12.5. The summed E-state index contributed by atoms with van der Waals surface area (Å²) < 4.78 is 47.1. The van der Waals surface area contributed by atoms with Gasteiger partial charge in [0.2, 0.25) is 0 Å². The standard InChI is InChI=1S/C21H23BrFO4PS/c1-4-26-28(24,27-5-2)17(13-14-9-8-11-16(25-3)20(14)23)21-19(22)15-10-6-7-12-18(15)29-21/h6-12,17H,4-5,13H2,1-3H3. The molecule has 0 saturated carbocycles. The van der Waals surface area contributed by atoms with Gasteiger partial charge in [-0.3, -0.25) is 4.57 Å². The molecule has 0 saturated heterocycles. The average molecular weight is 501 g/mol. The second-order valence-corrected chi connectivity index (χ2v) is 10.4. The zero-order valence-electron chi connectivity index (χ0n) is 16.5. The summed E-state index contributed by atoms with van der Waals surface area (Å²) in [5.74, 6) is -0.309. The summed E-state index contributed by atoms with van der Waals surface area (Å²) in [5, 5.41) is 1.02. The maximum absolute atomic E-state index is 14.9. The molecule has 0 amide bonds. The molecule has 0 spiro atoms. The minimum atomic E-state index is -3.57. The lowest BCUT2D eigenvalue weighted by atomic mass is 10.1. The van der Waals surface area contributed by atoms with Crippen LogP contribution >= 0.6 is 34.9 Å². The molecule has 1 heterocycles. The maximum atomic E-state index is 14.9. The number of methoxy groups -OCH3 is 1. The molecule has 29 heavy (non-hydrogen) atoms. The van der Waals surface area contributed by atoms with Gasteiger partial charge in [-0.1, -0.05) is 30.3 Å². The molecule has 2 aromatic carbocycles. The highest BCUT2D eigenvalue weighted by Crippen LogP contribution is 2.64. The van der Waals surface area contributed by atoms with E-state index in [1.807, 2.05) is 24.3 Å². The van der Waals surface area contributed by atoms with Crippen molar-refractivity contribution in [1.29, 1.82) is 0 Å². The Labute approximate surface area is 182 Å². The van der Waals surface area contributed by atoms with E-state index in [1.165, 1.54) is 18.4 Å². The van der Waals surface area contributed by atoms with E-state index in [2.05, 4.69) is 15.9 Å². The highest BCUT2D eigenvalue weighted by molar-refractivity contribution is 9.10. The first-order valence-electron chi connectivity index (χ1n) is 9.32. The molecule has 1 unspecified atom stereocenters. The molecule has 0 aliphatic heterocycles. The van der Waals surface area contributed by atoms with Gasteiger partial charge in [0.25, 0.3) is 0 Å². The summed E-state index contributed by atoms with van der Waals surface area (Å²) >= 11 is 5.18. The Bertz CT molecular complexity index is 1030. The minimum absolute atomic E-state index is 0.152. The Hall–Kier alpha value is -1.24. The Morgan fingerprint density at radius 2 is 1.79 bits per heavy atom. The second-order valence-electron chi connectivity index (χ2n) is 6.31. The maximum Gasteiger partial charge on any atom is 0.339 e. The number of fused-ring (bicyclic) bond motifs is 1. The number of ether oxygens (including phenoxy) is 1. The molecule has 156 valence electrons. The van der Waals surface area contributed by atoms with Crippen LogP contribution in [0.25, 0.3) is 10.1 Å². The van der Waals surface area contributed by atoms with Gasteiger partial charge in [0.05, 0.1) is 20.3 Å². The van der Waals surface area contributed by atoms with Gasteiger partial charge in [-0.25, -0.2) is 4.39 Å². The van der Waals surface area contributed by atoms with Crippen LogP contribution in [0.3, 0.4) is 0 Å². The fourth-order valence-corrected chi connectivity index (χ4v) is 8.04. The number of hydrogen-bond donors (Lipinski definition) is 0. The Balaban J connectivity index is 2.16. The van der Waals surface area contributed by atoms with E-state index in [9.17, 15) is 8.96 Å². The third-order valence-electron chi connectivity index (χ3n) is 4.54. The van der Waals surface area contributed by atoms with Crippen LogP contribution in [-0.4, -0.2) is 20.3 Å². The van der Waals surface area contributed by atoms with E-state index in [-0.39, 0.29) is 25.4 Å². The van der Waals surface area contributed by atoms with Crippen molar-refractivity contribution in [2.75, 3.05) is 20.3 Å². The molecule has 8 heteroatoms. The lowest BCUT2D eigenvalue weighted by molar-refractivity contribution is 0.212. The van der Waals surface area contributed by atoms with Gasteiger partial charge in [-0.15, -0.1) is 11.3 Å². The highest BCUT2D eigenvalue weighted by Gasteiger charge is 2.40. The van der Waals surface area contributed by atoms with Crippen molar-refractivity contribution >= 4 is 44.9 Å². The number of hydrogen-bond acceptors (Lipinski definition) is 5. The summed E-state index contributed by atoms with van der Waals surface area (Å²) in [6, 6.07) is 12.9. The van der Waals surface area contributed by atoms with Gasteiger partial charge in [-0.05, 0) is 53.9 Å². The molecule has 1 aromatic heterocycles. The quantitative estimate of drug-likeness (QED) is 0.288. The van der Waals surface area contributed by atoms with Gasteiger partial charge < -0.3 is 13.8 Å². The van der Waals surface area contributed by atoms with Gasteiger partial charge in [-0.2, -0.15) is 0 Å². The van der Waals surface area contributed by atoms with Crippen LogP contribution < -0.4 is 4.74 Å². The predicted octanol–water partition coefficient (Wildman–Crippen LogP) is 7.36. The van der Waals surface area contributed by atoms with Crippen LogP contribution in [0, 0.1) is 5.82 Å². The third-order valence-corrected chi connectivity index (χ3v) is 9.56. The van der Waals surface area contributed by atoms with Crippen molar-refractivity contribution in [3.8, 4) is 5.75 Å². The van der Waals surface area contributed by atoms with Crippen LogP contribution in [0.5, 0.6) is 5.75 Å². The predicted molar refractivity (Wildman–Crippen MR) is 120 cm³/mol. The summed E-state index contributed by atoms with van der Waals surface area (Å²) in [5.41, 5.74) is -0.255. The molecular weight excluding hydrogens is 478 g/mol. The third kappa shape index (κ3) is 4.59. The van der Waals surface area contributed by atoms with Gasteiger partial charge in [0.1, 0.15) is 5.66 Å². The van der Waals surface area contributed by atoms with Gasteiger partial charge in [0.15, 0.2) is 11.6 Å². The molecule has 0 fully saturated rings. The summed E-state index contributed by atoms with van der Waals surface area (Å²) in [6.45, 7) is 4.01. The smallest absolute Gasteiger partial charge is 0.339 e. The molecule has 0 N–H and O–H groups in total. The fourth-order valence-electron chi connectivity index (χ4n) is 3.25. The molecule has 4 nitrogen and oxygen atoms in total. The van der Waals surface area contributed by atoms with Crippen LogP contribution in [-0.2, 0) is 20.0 Å². The van der Waals surface area contributed by atoms with E-state index in [1.54, 1.807) is 32.0 Å². The Morgan fingerprint density at radius 3 is 2.41 bits per heavy atom. The lowest BCUT2D eigenvalue weighted by Gasteiger charge is -2.26.